The summed E-state index contributed by atoms with van der Waals surface area (Å²) >= 11 is 0. The number of sulfone groups is 1. The van der Waals surface area contributed by atoms with E-state index in [0.717, 1.165) is 37.3 Å². The average molecular weight is 437 g/mol. The Bertz CT molecular complexity index is 1150. The van der Waals surface area contributed by atoms with Crippen LogP contribution in [-0.4, -0.2) is 41.8 Å². The first-order chi connectivity index (χ1) is 14.2. The molecule has 1 aliphatic rings. The summed E-state index contributed by atoms with van der Waals surface area (Å²) in [6.45, 7) is 0.936. The maximum atomic E-state index is 13.6. The molecule has 0 bridgehead atoms. The number of rotatable bonds is 4. The summed E-state index contributed by atoms with van der Waals surface area (Å²) in [4.78, 5) is -0.854. The van der Waals surface area contributed by atoms with Crippen molar-refractivity contribution in [2.45, 2.75) is 30.0 Å². The van der Waals surface area contributed by atoms with Gasteiger partial charge in [0.15, 0.2) is 15.7 Å². The van der Waals surface area contributed by atoms with Crippen molar-refractivity contribution in [1.29, 1.82) is 0 Å². The van der Waals surface area contributed by atoms with Gasteiger partial charge < -0.3 is 5.32 Å². The first-order valence-corrected chi connectivity index (χ1v) is 11.1. The number of benzene rings is 2. The Morgan fingerprint density at radius 3 is 2.37 bits per heavy atom. The number of nitrogens with one attached hydrogen (secondary N) is 2. The van der Waals surface area contributed by atoms with Crippen molar-refractivity contribution in [3.05, 3.63) is 47.5 Å². The molecule has 0 aliphatic carbocycles. The third kappa shape index (κ3) is 3.82. The van der Waals surface area contributed by atoms with Crippen LogP contribution in [0.15, 0.2) is 41.3 Å². The number of aromatic amines is 1. The number of alkyl halides is 3. The van der Waals surface area contributed by atoms with Crippen LogP contribution in [0.3, 0.4) is 0 Å². The van der Waals surface area contributed by atoms with Crippen LogP contribution < -0.4 is 5.32 Å². The lowest BCUT2D eigenvalue weighted by atomic mass is 9.94. The van der Waals surface area contributed by atoms with Crippen LogP contribution >= 0.6 is 0 Å². The maximum Gasteiger partial charge on any atom is 0.417 e. The van der Waals surface area contributed by atoms with E-state index in [1.54, 1.807) is 12.1 Å². The van der Waals surface area contributed by atoms with Crippen molar-refractivity contribution in [3.8, 4) is 22.5 Å². The molecule has 2 heterocycles. The molecule has 30 heavy (non-hydrogen) atoms. The molecule has 4 rings (SSSR count). The van der Waals surface area contributed by atoms with Gasteiger partial charge in [-0.15, -0.1) is 5.10 Å². The predicted molar refractivity (Wildman–Crippen MR) is 103 cm³/mol. The molecule has 1 aromatic heterocycles. The van der Waals surface area contributed by atoms with E-state index in [1.165, 1.54) is 6.07 Å². The lowest BCUT2D eigenvalue weighted by molar-refractivity contribution is -0.139. The van der Waals surface area contributed by atoms with E-state index in [9.17, 15) is 21.6 Å². The van der Waals surface area contributed by atoms with Crippen LogP contribution in [-0.2, 0) is 16.0 Å². The summed E-state index contributed by atoms with van der Waals surface area (Å²) in [5.74, 6) is -0.155. The molecule has 0 amide bonds. The van der Waals surface area contributed by atoms with Crippen molar-refractivity contribution < 1.29 is 21.6 Å². The van der Waals surface area contributed by atoms with E-state index in [2.05, 4.69) is 25.9 Å². The minimum atomic E-state index is -4.86. The molecular weight excluding hydrogens is 419 g/mol. The van der Waals surface area contributed by atoms with Crippen LogP contribution in [0, 0.1) is 0 Å². The van der Waals surface area contributed by atoms with Crippen LogP contribution in [0.2, 0.25) is 0 Å². The molecular formula is C19H18F3N5O2S. The number of nitrogens with zero attached hydrogens (tertiary/aromatic N) is 3. The van der Waals surface area contributed by atoms with Crippen LogP contribution in [0.1, 0.15) is 30.0 Å². The molecule has 2 N–H and O–H groups in total. The third-order valence-corrected chi connectivity index (χ3v) is 6.27. The lowest BCUT2D eigenvalue weighted by Crippen LogP contribution is -2.15. The molecule has 1 fully saturated rings. The SMILES string of the molecule is CS(=O)(=O)c1c(C(F)(F)F)ccc(-c2ccc(C3CCCN3)cc2)c1-c1nnn[nH]1. The van der Waals surface area contributed by atoms with E-state index in [4.69, 9.17) is 0 Å². The Morgan fingerprint density at radius 2 is 1.83 bits per heavy atom. The van der Waals surface area contributed by atoms with Gasteiger partial charge in [0.05, 0.1) is 10.5 Å². The summed E-state index contributed by atoms with van der Waals surface area (Å²) in [6.07, 6.45) is -2.04. The van der Waals surface area contributed by atoms with Crippen molar-refractivity contribution in [3.63, 3.8) is 0 Å². The Kier molecular flexibility index (Phi) is 5.10. The fraction of sp³-hybridized carbons (Fsp3) is 0.316. The highest BCUT2D eigenvalue weighted by Gasteiger charge is 2.39. The largest absolute Gasteiger partial charge is 0.417 e. The van der Waals surface area contributed by atoms with Crippen LogP contribution in [0.5, 0.6) is 0 Å². The second kappa shape index (κ2) is 7.47. The molecule has 7 nitrogen and oxygen atoms in total. The molecule has 2 aromatic carbocycles. The quantitative estimate of drug-likeness (QED) is 0.649. The number of hydrogen-bond acceptors (Lipinski definition) is 6. The van der Waals surface area contributed by atoms with Gasteiger partial charge in [0, 0.05) is 17.9 Å². The van der Waals surface area contributed by atoms with Crippen LogP contribution in [0.4, 0.5) is 13.2 Å². The number of hydrogen-bond donors (Lipinski definition) is 2. The first kappa shape index (κ1) is 20.5. The molecule has 1 aliphatic heterocycles. The zero-order valence-corrected chi connectivity index (χ0v) is 16.7. The van der Waals surface area contributed by atoms with E-state index in [1.807, 2.05) is 12.1 Å². The molecule has 1 unspecified atom stereocenters. The van der Waals surface area contributed by atoms with Gasteiger partial charge in [0.25, 0.3) is 0 Å². The highest BCUT2D eigenvalue weighted by Crippen LogP contribution is 2.43. The fourth-order valence-corrected chi connectivity index (χ4v) is 4.96. The Labute approximate surface area is 170 Å². The molecule has 1 atom stereocenters. The lowest BCUT2D eigenvalue weighted by Gasteiger charge is -2.18. The Hall–Kier alpha value is -2.79. The number of aromatic nitrogens is 4. The summed E-state index contributed by atoms with van der Waals surface area (Å²) in [6, 6.07) is 9.56. The smallest absolute Gasteiger partial charge is 0.310 e. The van der Waals surface area contributed by atoms with E-state index >= 15 is 0 Å². The van der Waals surface area contributed by atoms with Gasteiger partial charge in [-0.05, 0) is 52.6 Å². The highest BCUT2D eigenvalue weighted by molar-refractivity contribution is 7.91. The molecule has 0 saturated carbocycles. The normalized spacial score (nSPS) is 17.4. The zero-order valence-electron chi connectivity index (χ0n) is 15.9. The van der Waals surface area contributed by atoms with Gasteiger partial charge in [-0.3, -0.25) is 0 Å². The summed E-state index contributed by atoms with van der Waals surface area (Å²) in [5.41, 5.74) is 0.444. The summed E-state index contributed by atoms with van der Waals surface area (Å²) in [7, 11) is -4.27. The van der Waals surface area contributed by atoms with Gasteiger partial charge in [-0.25, -0.2) is 13.5 Å². The molecule has 1 saturated heterocycles. The van der Waals surface area contributed by atoms with Crippen molar-refractivity contribution in [2.75, 3.05) is 12.8 Å². The minimum absolute atomic E-state index is 0.155. The van der Waals surface area contributed by atoms with Gasteiger partial charge in [0.1, 0.15) is 0 Å². The summed E-state index contributed by atoms with van der Waals surface area (Å²) < 4.78 is 65.8. The number of H-pyrrole nitrogens is 1. The van der Waals surface area contributed by atoms with E-state index in [0.29, 0.717) is 5.56 Å². The molecule has 0 radical (unpaired) electrons. The summed E-state index contributed by atoms with van der Waals surface area (Å²) in [5, 5.41) is 16.3. The topological polar surface area (TPSA) is 101 Å². The molecule has 11 heteroatoms. The fourth-order valence-electron chi connectivity index (χ4n) is 3.80. The molecule has 158 valence electrons. The predicted octanol–water partition coefficient (Wildman–Crippen LogP) is 3.38. The third-order valence-electron chi connectivity index (χ3n) is 5.10. The number of halogens is 3. The molecule has 3 aromatic rings. The second-order valence-corrected chi connectivity index (χ2v) is 9.11. The Morgan fingerprint density at radius 1 is 1.10 bits per heavy atom. The Balaban J connectivity index is 1.94. The second-order valence-electron chi connectivity index (χ2n) is 7.16. The van der Waals surface area contributed by atoms with E-state index in [-0.39, 0.29) is 23.0 Å². The van der Waals surface area contributed by atoms with Gasteiger partial charge in [-0.2, -0.15) is 13.2 Å². The minimum Gasteiger partial charge on any atom is -0.310 e. The van der Waals surface area contributed by atoms with Gasteiger partial charge in [0.2, 0.25) is 0 Å². The van der Waals surface area contributed by atoms with E-state index < -0.39 is 26.5 Å². The van der Waals surface area contributed by atoms with Gasteiger partial charge >= 0.3 is 6.18 Å². The van der Waals surface area contributed by atoms with Gasteiger partial charge in [-0.1, -0.05) is 30.3 Å². The zero-order chi connectivity index (χ0) is 21.5. The highest BCUT2D eigenvalue weighted by atomic mass is 32.2. The van der Waals surface area contributed by atoms with Crippen molar-refractivity contribution >= 4 is 9.84 Å². The van der Waals surface area contributed by atoms with Crippen LogP contribution in [0.25, 0.3) is 22.5 Å². The maximum absolute atomic E-state index is 13.6. The monoisotopic (exact) mass is 437 g/mol. The standard InChI is InChI=1S/C19H18F3N5O2S/c1-30(28,29)17-14(19(20,21)22)9-8-13(16(17)18-24-26-27-25-18)11-4-6-12(7-5-11)15-3-2-10-23-15/h4-9,15,23H,2-3,10H2,1H3,(H,24,25,26,27). The van der Waals surface area contributed by atoms with Crippen molar-refractivity contribution in [1.82, 2.24) is 25.9 Å². The first-order valence-electron chi connectivity index (χ1n) is 9.18. The molecule has 0 spiro atoms. The van der Waals surface area contributed by atoms with Crippen molar-refractivity contribution in [2.24, 2.45) is 0 Å². The average Bonchev–Trinajstić information content (AvgIpc) is 3.39. The number of tetrazole rings is 1.